The third-order valence-corrected chi connectivity index (χ3v) is 1.39. The van der Waals surface area contributed by atoms with E-state index in [1.165, 1.54) is 0 Å². The van der Waals surface area contributed by atoms with Gasteiger partial charge in [-0.3, -0.25) is 9.59 Å². The first-order chi connectivity index (χ1) is 7.04. The van der Waals surface area contributed by atoms with Gasteiger partial charge in [-0.25, -0.2) is 4.98 Å². The van der Waals surface area contributed by atoms with Gasteiger partial charge in [0.2, 0.25) is 0 Å². The minimum absolute atomic E-state index is 0.0231. The zero-order valence-electron chi connectivity index (χ0n) is 7.96. The quantitative estimate of drug-likeness (QED) is 0.544. The van der Waals surface area contributed by atoms with Gasteiger partial charge in [0.15, 0.2) is 0 Å². The monoisotopic (exact) mass is 215 g/mol. The lowest BCUT2D eigenvalue weighted by atomic mass is 10.2. The number of imidazole rings is 1. The molecule has 1 aromatic rings. The largest absolute Gasteiger partial charge is 0.481 e. The van der Waals surface area contributed by atoms with E-state index in [1.54, 1.807) is 18.7 Å². The Labute approximate surface area is 85.9 Å². The van der Waals surface area contributed by atoms with Crippen LogP contribution in [0.4, 0.5) is 0 Å². The number of aromatic amines is 1. The fraction of sp³-hybridized carbons (Fsp3) is 0.375. The number of rotatable bonds is 4. The third-order valence-electron chi connectivity index (χ3n) is 1.39. The fourth-order valence-corrected chi connectivity index (χ4v) is 0.618. The molecule has 0 spiro atoms. The molecule has 0 aliphatic heterocycles. The molecule has 1 heterocycles. The number of nitrogens with two attached hydrogens (primary N) is 1. The maximum atomic E-state index is 9.99. The van der Waals surface area contributed by atoms with E-state index in [1.807, 2.05) is 0 Å². The van der Waals surface area contributed by atoms with Gasteiger partial charge in [-0.05, 0) is 6.42 Å². The fourth-order valence-electron chi connectivity index (χ4n) is 0.618. The normalized spacial score (nSPS) is 11.0. The summed E-state index contributed by atoms with van der Waals surface area (Å²) >= 11 is 0. The molecule has 1 rings (SSSR count). The van der Waals surface area contributed by atoms with E-state index in [-0.39, 0.29) is 12.8 Å². The Morgan fingerprint density at radius 2 is 2.13 bits per heavy atom. The van der Waals surface area contributed by atoms with Gasteiger partial charge < -0.3 is 20.9 Å². The van der Waals surface area contributed by atoms with Crippen molar-refractivity contribution in [3.05, 3.63) is 18.7 Å². The predicted octanol–water partition coefficient (Wildman–Crippen LogP) is -0.327. The maximum Gasteiger partial charge on any atom is 0.320 e. The van der Waals surface area contributed by atoms with Crippen LogP contribution in [0.3, 0.4) is 0 Å². The van der Waals surface area contributed by atoms with Gasteiger partial charge in [-0.1, -0.05) is 0 Å². The van der Waals surface area contributed by atoms with Gasteiger partial charge in [0.1, 0.15) is 6.04 Å². The second kappa shape index (κ2) is 7.51. The summed E-state index contributed by atoms with van der Waals surface area (Å²) in [5.41, 5.74) is 5.00. The summed E-state index contributed by atoms with van der Waals surface area (Å²) in [6, 6.07) is -1.06. The minimum Gasteiger partial charge on any atom is -0.481 e. The van der Waals surface area contributed by atoms with E-state index in [0.29, 0.717) is 0 Å². The summed E-state index contributed by atoms with van der Waals surface area (Å²) in [6.45, 7) is 0. The summed E-state index contributed by atoms with van der Waals surface area (Å²) in [6.07, 6.45) is 4.86. The second-order valence-corrected chi connectivity index (χ2v) is 2.64. The molecule has 0 amide bonds. The Balaban J connectivity index is 0.000000322. The number of carboxylic acids is 2. The highest BCUT2D eigenvalue weighted by Gasteiger charge is 2.12. The van der Waals surface area contributed by atoms with Crippen LogP contribution in [-0.4, -0.2) is 38.2 Å². The molecule has 0 fully saturated rings. The summed E-state index contributed by atoms with van der Waals surface area (Å²) < 4.78 is 0. The zero-order valence-corrected chi connectivity index (χ0v) is 7.96. The number of carboxylic acid groups (broad SMARTS) is 2. The molecule has 7 nitrogen and oxygen atoms in total. The molecular formula is C8H13N3O4. The average molecular weight is 215 g/mol. The first-order valence-corrected chi connectivity index (χ1v) is 4.17. The van der Waals surface area contributed by atoms with Crippen LogP contribution in [0.25, 0.3) is 0 Å². The molecule has 0 radical (unpaired) electrons. The van der Waals surface area contributed by atoms with E-state index in [0.717, 1.165) is 0 Å². The van der Waals surface area contributed by atoms with E-state index in [2.05, 4.69) is 9.97 Å². The Kier molecular flexibility index (Phi) is 6.56. The summed E-state index contributed by atoms with van der Waals surface area (Å²) in [4.78, 5) is 26.3. The van der Waals surface area contributed by atoms with Gasteiger partial charge in [0.25, 0.3) is 0 Å². The number of H-pyrrole nitrogens is 1. The zero-order chi connectivity index (χ0) is 11.7. The molecule has 1 atom stereocenters. The Morgan fingerprint density at radius 1 is 1.47 bits per heavy atom. The molecule has 0 saturated carbocycles. The number of nitrogens with zero attached hydrogens (tertiary/aromatic N) is 1. The minimum atomic E-state index is -1.17. The van der Waals surface area contributed by atoms with Gasteiger partial charge in [0, 0.05) is 18.8 Å². The van der Waals surface area contributed by atoms with Crippen LogP contribution in [0.15, 0.2) is 18.7 Å². The molecule has 0 saturated heterocycles. The topological polar surface area (TPSA) is 129 Å². The molecule has 5 N–H and O–H groups in total. The smallest absolute Gasteiger partial charge is 0.320 e. The van der Waals surface area contributed by atoms with Crippen molar-refractivity contribution in [2.45, 2.75) is 18.9 Å². The molecule has 0 aliphatic rings. The standard InChI is InChI=1S/C5H9NO4.C3H4N2/c6-3(5(9)10)1-2-4(7)8;1-2-5-3-4-1/h3H,1-2,6H2,(H,7,8)(H,9,10);1-3H,(H,4,5). The van der Waals surface area contributed by atoms with Crippen LogP contribution in [0.1, 0.15) is 12.8 Å². The highest BCUT2D eigenvalue weighted by molar-refractivity contribution is 5.74. The predicted molar refractivity (Wildman–Crippen MR) is 51.1 cm³/mol. The van der Waals surface area contributed by atoms with Crippen LogP contribution in [0, 0.1) is 0 Å². The van der Waals surface area contributed by atoms with E-state index in [9.17, 15) is 9.59 Å². The Morgan fingerprint density at radius 3 is 2.40 bits per heavy atom. The molecule has 0 aromatic carbocycles. The molecule has 7 heteroatoms. The number of hydrogen-bond donors (Lipinski definition) is 4. The summed E-state index contributed by atoms with van der Waals surface area (Å²) in [7, 11) is 0. The van der Waals surface area contributed by atoms with Crippen molar-refractivity contribution in [1.82, 2.24) is 9.97 Å². The molecule has 0 bridgehead atoms. The highest BCUT2D eigenvalue weighted by Crippen LogP contribution is 1.93. The molecule has 84 valence electrons. The van der Waals surface area contributed by atoms with Gasteiger partial charge >= 0.3 is 11.9 Å². The van der Waals surface area contributed by atoms with Gasteiger partial charge in [-0.2, -0.15) is 0 Å². The first-order valence-electron chi connectivity index (χ1n) is 4.17. The third kappa shape index (κ3) is 8.44. The van der Waals surface area contributed by atoms with E-state index in [4.69, 9.17) is 15.9 Å². The van der Waals surface area contributed by atoms with Crippen LogP contribution in [0.5, 0.6) is 0 Å². The van der Waals surface area contributed by atoms with Crippen LogP contribution >= 0.6 is 0 Å². The van der Waals surface area contributed by atoms with Crippen LogP contribution < -0.4 is 5.73 Å². The number of aliphatic carboxylic acids is 2. The SMILES string of the molecule is NC(CCC(=O)O)C(=O)O.c1c[nH]cn1. The lowest BCUT2D eigenvalue weighted by Crippen LogP contribution is -2.30. The Bertz CT molecular complexity index is 269. The van der Waals surface area contributed by atoms with Crippen molar-refractivity contribution in [2.24, 2.45) is 5.73 Å². The lowest BCUT2D eigenvalue weighted by molar-refractivity contribution is -0.139. The maximum absolute atomic E-state index is 9.99. The molecule has 1 aromatic heterocycles. The average Bonchev–Trinajstić information content (AvgIpc) is 2.71. The molecule has 15 heavy (non-hydrogen) atoms. The Hall–Kier alpha value is -1.89. The molecule has 1 unspecified atom stereocenters. The van der Waals surface area contributed by atoms with Crippen molar-refractivity contribution in [3.8, 4) is 0 Å². The second-order valence-electron chi connectivity index (χ2n) is 2.64. The summed E-state index contributed by atoms with van der Waals surface area (Å²) in [5.74, 6) is -2.20. The van der Waals surface area contributed by atoms with Gasteiger partial charge in [0.05, 0.1) is 6.33 Å². The number of carbonyl (C=O) groups is 2. The van der Waals surface area contributed by atoms with Crippen LogP contribution in [-0.2, 0) is 9.59 Å². The molecular weight excluding hydrogens is 202 g/mol. The summed E-state index contributed by atoms with van der Waals surface area (Å²) in [5, 5.41) is 16.3. The number of aromatic nitrogens is 2. The van der Waals surface area contributed by atoms with E-state index >= 15 is 0 Å². The van der Waals surface area contributed by atoms with Crippen molar-refractivity contribution < 1.29 is 19.8 Å². The number of hydrogen-bond acceptors (Lipinski definition) is 4. The first kappa shape index (κ1) is 13.1. The van der Waals surface area contributed by atoms with E-state index < -0.39 is 18.0 Å². The van der Waals surface area contributed by atoms with Crippen LogP contribution in [0.2, 0.25) is 0 Å². The lowest BCUT2D eigenvalue weighted by Gasteiger charge is -2.01. The highest BCUT2D eigenvalue weighted by atomic mass is 16.4. The molecule has 0 aliphatic carbocycles. The van der Waals surface area contributed by atoms with Gasteiger partial charge in [-0.15, -0.1) is 0 Å². The van der Waals surface area contributed by atoms with Crippen molar-refractivity contribution in [1.29, 1.82) is 0 Å². The van der Waals surface area contributed by atoms with Crippen molar-refractivity contribution in [2.75, 3.05) is 0 Å². The van der Waals surface area contributed by atoms with Crippen molar-refractivity contribution >= 4 is 11.9 Å². The number of nitrogens with one attached hydrogen (secondary N) is 1. The van der Waals surface area contributed by atoms with Crippen molar-refractivity contribution in [3.63, 3.8) is 0 Å².